The van der Waals surface area contributed by atoms with Crippen LogP contribution in [0.15, 0.2) is 23.1 Å². The van der Waals surface area contributed by atoms with E-state index in [9.17, 15) is 4.39 Å². The van der Waals surface area contributed by atoms with E-state index in [0.717, 1.165) is 23.3 Å². The second-order valence-electron chi connectivity index (χ2n) is 4.05. The first-order chi connectivity index (χ1) is 7.24. The van der Waals surface area contributed by atoms with Crippen LogP contribution in [0.5, 0.6) is 0 Å². The lowest BCUT2D eigenvalue weighted by Crippen LogP contribution is -2.37. The maximum Gasteiger partial charge on any atom is 0.137 e. The molecule has 0 bridgehead atoms. The molecule has 1 fully saturated rings. The van der Waals surface area contributed by atoms with Gasteiger partial charge in [-0.2, -0.15) is 0 Å². The molecule has 1 aromatic carbocycles. The smallest absolute Gasteiger partial charge is 0.137 e. The van der Waals surface area contributed by atoms with Gasteiger partial charge in [-0.15, -0.1) is 11.8 Å². The Morgan fingerprint density at radius 3 is 2.67 bits per heavy atom. The summed E-state index contributed by atoms with van der Waals surface area (Å²) in [7, 11) is 1.98. The third-order valence-electron chi connectivity index (χ3n) is 3.19. The zero-order valence-corrected chi connectivity index (χ0v) is 9.90. The van der Waals surface area contributed by atoms with Gasteiger partial charge in [-0.1, -0.05) is 6.07 Å². The first-order valence-electron chi connectivity index (χ1n) is 5.25. The van der Waals surface area contributed by atoms with Crippen LogP contribution in [0.1, 0.15) is 24.3 Å². The standard InChI is InChI=1S/C12H16FNS/c1-14-10-5-9(6-10)8-3-4-12(15-2)11(13)7-8/h3-4,7,9-10,14H,5-6H2,1-2H3. The third-order valence-corrected chi connectivity index (χ3v) is 3.96. The largest absolute Gasteiger partial charge is 0.317 e. The highest BCUT2D eigenvalue weighted by Crippen LogP contribution is 2.37. The second-order valence-corrected chi connectivity index (χ2v) is 4.90. The lowest BCUT2D eigenvalue weighted by molar-refractivity contribution is 0.306. The zero-order chi connectivity index (χ0) is 10.8. The van der Waals surface area contributed by atoms with Gasteiger partial charge in [0, 0.05) is 10.9 Å². The molecule has 15 heavy (non-hydrogen) atoms. The van der Waals surface area contributed by atoms with Gasteiger partial charge in [0.2, 0.25) is 0 Å². The third kappa shape index (κ3) is 2.18. The maximum absolute atomic E-state index is 13.5. The number of hydrogen-bond donors (Lipinski definition) is 1. The average molecular weight is 225 g/mol. The highest BCUT2D eigenvalue weighted by Gasteiger charge is 2.29. The Morgan fingerprint density at radius 1 is 1.40 bits per heavy atom. The molecule has 2 rings (SSSR count). The fourth-order valence-corrected chi connectivity index (χ4v) is 2.52. The van der Waals surface area contributed by atoms with Crippen LogP contribution in [0.25, 0.3) is 0 Å². The average Bonchev–Trinajstić information content (AvgIpc) is 2.16. The lowest BCUT2D eigenvalue weighted by Gasteiger charge is -2.35. The van der Waals surface area contributed by atoms with Crippen LogP contribution in [-0.2, 0) is 0 Å². The predicted octanol–water partition coefficient (Wildman–Crippen LogP) is 3.01. The molecule has 0 spiro atoms. The molecule has 0 radical (unpaired) electrons. The van der Waals surface area contributed by atoms with Crippen LogP contribution in [-0.4, -0.2) is 19.3 Å². The first kappa shape index (κ1) is 11.0. The van der Waals surface area contributed by atoms with Gasteiger partial charge in [-0.25, -0.2) is 4.39 Å². The molecule has 1 N–H and O–H groups in total. The monoisotopic (exact) mass is 225 g/mol. The van der Waals surface area contributed by atoms with E-state index in [1.807, 2.05) is 19.4 Å². The quantitative estimate of drug-likeness (QED) is 0.794. The number of benzene rings is 1. The van der Waals surface area contributed by atoms with Crippen LogP contribution >= 0.6 is 11.8 Å². The predicted molar refractivity (Wildman–Crippen MR) is 63.0 cm³/mol. The van der Waals surface area contributed by atoms with Crippen molar-refractivity contribution < 1.29 is 4.39 Å². The molecule has 1 aliphatic rings. The van der Waals surface area contributed by atoms with Crippen LogP contribution in [0.4, 0.5) is 4.39 Å². The van der Waals surface area contributed by atoms with Crippen LogP contribution in [0.2, 0.25) is 0 Å². The van der Waals surface area contributed by atoms with Crippen molar-refractivity contribution in [2.45, 2.75) is 29.7 Å². The number of halogens is 1. The Kier molecular flexibility index (Phi) is 3.32. The number of thioether (sulfide) groups is 1. The van der Waals surface area contributed by atoms with Crippen LogP contribution in [0.3, 0.4) is 0 Å². The Hall–Kier alpha value is -0.540. The van der Waals surface area contributed by atoms with E-state index in [2.05, 4.69) is 11.4 Å². The lowest BCUT2D eigenvalue weighted by atomic mass is 9.76. The van der Waals surface area contributed by atoms with Gasteiger partial charge in [0.15, 0.2) is 0 Å². The fourth-order valence-electron chi connectivity index (χ4n) is 2.06. The summed E-state index contributed by atoms with van der Waals surface area (Å²) in [5.41, 5.74) is 1.15. The highest BCUT2D eigenvalue weighted by molar-refractivity contribution is 7.98. The molecular weight excluding hydrogens is 209 g/mol. The van der Waals surface area contributed by atoms with Gasteiger partial charge in [-0.3, -0.25) is 0 Å². The number of rotatable bonds is 3. The molecule has 1 nitrogen and oxygen atoms in total. The maximum atomic E-state index is 13.5. The van der Waals surface area contributed by atoms with Crippen molar-refractivity contribution in [3.8, 4) is 0 Å². The van der Waals surface area contributed by atoms with E-state index in [1.165, 1.54) is 11.8 Å². The summed E-state index contributed by atoms with van der Waals surface area (Å²) in [6.45, 7) is 0. The molecule has 1 aliphatic carbocycles. The Balaban J connectivity index is 2.08. The molecule has 0 aliphatic heterocycles. The summed E-state index contributed by atoms with van der Waals surface area (Å²) in [5, 5.41) is 3.24. The van der Waals surface area contributed by atoms with Crippen molar-refractivity contribution in [1.29, 1.82) is 0 Å². The van der Waals surface area contributed by atoms with E-state index < -0.39 is 0 Å². The van der Waals surface area contributed by atoms with Crippen molar-refractivity contribution >= 4 is 11.8 Å². The SMILES string of the molecule is CNC1CC(c2ccc(SC)c(F)c2)C1. The molecule has 1 saturated carbocycles. The van der Waals surface area contributed by atoms with Gasteiger partial charge < -0.3 is 5.32 Å². The van der Waals surface area contributed by atoms with E-state index in [4.69, 9.17) is 0 Å². The molecule has 0 heterocycles. The molecule has 3 heteroatoms. The second kappa shape index (κ2) is 4.54. The van der Waals surface area contributed by atoms with E-state index >= 15 is 0 Å². The van der Waals surface area contributed by atoms with E-state index in [-0.39, 0.29) is 5.82 Å². The molecular formula is C12H16FNS. The van der Waals surface area contributed by atoms with Crippen molar-refractivity contribution in [2.75, 3.05) is 13.3 Å². The van der Waals surface area contributed by atoms with Crippen molar-refractivity contribution in [1.82, 2.24) is 5.32 Å². The number of hydrogen-bond acceptors (Lipinski definition) is 2. The van der Waals surface area contributed by atoms with Gasteiger partial charge >= 0.3 is 0 Å². The number of nitrogens with one attached hydrogen (secondary N) is 1. The molecule has 0 unspecified atom stereocenters. The topological polar surface area (TPSA) is 12.0 Å². The summed E-state index contributed by atoms with van der Waals surface area (Å²) in [6, 6.07) is 6.27. The van der Waals surface area contributed by atoms with Gasteiger partial charge in [0.1, 0.15) is 5.82 Å². The van der Waals surface area contributed by atoms with Crippen LogP contribution < -0.4 is 5.32 Å². The summed E-state index contributed by atoms with van der Waals surface area (Å²) < 4.78 is 13.5. The van der Waals surface area contributed by atoms with Gasteiger partial charge in [-0.05, 0) is 49.8 Å². The summed E-state index contributed by atoms with van der Waals surface area (Å²) in [4.78, 5) is 0.739. The molecule has 1 aromatic rings. The zero-order valence-electron chi connectivity index (χ0n) is 9.09. The van der Waals surface area contributed by atoms with Gasteiger partial charge in [0.25, 0.3) is 0 Å². The normalized spacial score (nSPS) is 25.0. The minimum absolute atomic E-state index is 0.0760. The van der Waals surface area contributed by atoms with Crippen LogP contribution in [0, 0.1) is 5.82 Å². The Labute approximate surface area is 94.5 Å². The van der Waals surface area contributed by atoms with Crippen molar-refractivity contribution in [3.63, 3.8) is 0 Å². The first-order valence-corrected chi connectivity index (χ1v) is 6.47. The van der Waals surface area contributed by atoms with E-state index in [1.54, 1.807) is 6.07 Å². The molecule has 82 valence electrons. The van der Waals surface area contributed by atoms with Gasteiger partial charge in [0.05, 0.1) is 0 Å². The molecule has 0 atom stereocenters. The Morgan fingerprint density at radius 2 is 2.13 bits per heavy atom. The Bertz CT molecular complexity index is 347. The minimum atomic E-state index is -0.0760. The minimum Gasteiger partial charge on any atom is -0.317 e. The summed E-state index contributed by atoms with van der Waals surface area (Å²) >= 11 is 1.46. The highest BCUT2D eigenvalue weighted by atomic mass is 32.2. The molecule has 0 saturated heterocycles. The summed E-state index contributed by atoms with van der Waals surface area (Å²) in [6.07, 6.45) is 4.17. The van der Waals surface area contributed by atoms with E-state index in [0.29, 0.717) is 12.0 Å². The van der Waals surface area contributed by atoms with Crippen molar-refractivity contribution in [2.24, 2.45) is 0 Å². The van der Waals surface area contributed by atoms with Crippen molar-refractivity contribution in [3.05, 3.63) is 29.6 Å². The molecule has 0 amide bonds. The molecule has 0 aromatic heterocycles. The summed E-state index contributed by atoms with van der Waals surface area (Å²) in [5.74, 6) is 0.473. The fraction of sp³-hybridized carbons (Fsp3) is 0.500.